The number of ether oxygens (including phenoxy) is 2. The summed E-state index contributed by atoms with van der Waals surface area (Å²) in [6.07, 6.45) is 14.2. The van der Waals surface area contributed by atoms with Gasteiger partial charge in [-0.3, -0.25) is 0 Å². The Bertz CT molecular complexity index is 939. The van der Waals surface area contributed by atoms with E-state index in [0.717, 1.165) is 36.2 Å². The minimum absolute atomic E-state index is 0.245. The fraction of sp³-hybridized carbons (Fsp3) is 0.567. The Hall–Kier alpha value is -2.36. The number of fused-ring (bicyclic) bond motifs is 1. The Morgan fingerprint density at radius 3 is 2.38 bits per heavy atom. The van der Waals surface area contributed by atoms with Crippen molar-refractivity contribution in [1.29, 1.82) is 0 Å². The summed E-state index contributed by atoms with van der Waals surface area (Å²) in [4.78, 5) is 12.5. The van der Waals surface area contributed by atoms with Crippen molar-refractivity contribution in [3.05, 3.63) is 59.4 Å². The molecule has 184 valence electrons. The van der Waals surface area contributed by atoms with Gasteiger partial charge in [-0.05, 0) is 97.7 Å². The van der Waals surface area contributed by atoms with Gasteiger partial charge in [-0.2, -0.15) is 0 Å². The van der Waals surface area contributed by atoms with Crippen molar-refractivity contribution in [2.24, 2.45) is 17.8 Å². The maximum Gasteiger partial charge on any atom is 0.343 e. The molecule has 2 aromatic rings. The molecule has 0 bridgehead atoms. The summed E-state index contributed by atoms with van der Waals surface area (Å²) in [7, 11) is 1.58. The molecule has 2 aromatic carbocycles. The summed E-state index contributed by atoms with van der Waals surface area (Å²) >= 11 is 0. The number of carbonyl (C=O) groups excluding carboxylic acids is 1. The van der Waals surface area contributed by atoms with Crippen LogP contribution < -0.4 is 9.47 Å². The van der Waals surface area contributed by atoms with Gasteiger partial charge in [0.15, 0.2) is 0 Å². The lowest BCUT2D eigenvalue weighted by Gasteiger charge is -2.42. The van der Waals surface area contributed by atoms with Crippen LogP contribution in [-0.2, 0) is 0 Å². The van der Waals surface area contributed by atoms with Crippen molar-refractivity contribution in [1.82, 2.24) is 0 Å². The van der Waals surface area contributed by atoms with Crippen LogP contribution in [0.1, 0.15) is 99.4 Å². The predicted octanol–water partition coefficient (Wildman–Crippen LogP) is 8.32. The fourth-order valence-corrected chi connectivity index (χ4v) is 6.19. The van der Waals surface area contributed by atoms with Gasteiger partial charge < -0.3 is 9.47 Å². The largest absolute Gasteiger partial charge is 0.497 e. The van der Waals surface area contributed by atoms with Gasteiger partial charge in [0.2, 0.25) is 0 Å². The Morgan fingerprint density at radius 1 is 0.912 bits per heavy atom. The molecular formula is C30H39FO3. The summed E-state index contributed by atoms with van der Waals surface area (Å²) in [6.45, 7) is 2.27. The number of halogens is 1. The summed E-state index contributed by atoms with van der Waals surface area (Å²) < 4.78 is 25.6. The zero-order valence-electron chi connectivity index (χ0n) is 20.7. The second-order valence-corrected chi connectivity index (χ2v) is 10.4. The predicted molar refractivity (Wildman–Crippen MR) is 134 cm³/mol. The van der Waals surface area contributed by atoms with Crippen LogP contribution in [0, 0.1) is 23.6 Å². The van der Waals surface area contributed by atoms with Gasteiger partial charge in [0.1, 0.15) is 17.3 Å². The van der Waals surface area contributed by atoms with E-state index in [0.29, 0.717) is 11.5 Å². The number of unbranched alkanes of at least 4 members (excludes halogenated alkanes) is 3. The number of carbonyl (C=O) groups is 1. The highest BCUT2D eigenvalue weighted by Gasteiger charge is 2.36. The molecule has 0 heterocycles. The molecule has 4 rings (SSSR count). The van der Waals surface area contributed by atoms with Gasteiger partial charge >= 0.3 is 5.97 Å². The third kappa shape index (κ3) is 6.20. The molecule has 0 radical (unpaired) electrons. The Kier molecular flexibility index (Phi) is 8.64. The highest BCUT2D eigenvalue weighted by Crippen LogP contribution is 2.48. The van der Waals surface area contributed by atoms with E-state index in [1.165, 1.54) is 63.9 Å². The van der Waals surface area contributed by atoms with Gasteiger partial charge in [0, 0.05) is 0 Å². The second kappa shape index (κ2) is 11.9. The van der Waals surface area contributed by atoms with E-state index in [9.17, 15) is 4.79 Å². The lowest BCUT2D eigenvalue weighted by atomic mass is 9.63. The first-order valence-electron chi connectivity index (χ1n) is 13.2. The molecule has 2 aliphatic carbocycles. The normalized spacial score (nSPS) is 24.3. The lowest BCUT2D eigenvalue weighted by Crippen LogP contribution is -2.30. The van der Waals surface area contributed by atoms with Crippen molar-refractivity contribution in [3.63, 3.8) is 0 Å². The maximum absolute atomic E-state index is 15.1. The second-order valence-electron chi connectivity index (χ2n) is 10.4. The maximum atomic E-state index is 15.1. The molecule has 4 heteroatoms. The Labute approximate surface area is 204 Å². The van der Waals surface area contributed by atoms with Crippen molar-refractivity contribution in [3.8, 4) is 11.5 Å². The topological polar surface area (TPSA) is 35.5 Å². The van der Waals surface area contributed by atoms with E-state index < -0.39 is 5.97 Å². The zero-order chi connectivity index (χ0) is 23.9. The molecule has 0 amide bonds. The van der Waals surface area contributed by atoms with Crippen molar-refractivity contribution < 1.29 is 18.7 Å². The molecule has 0 aliphatic heterocycles. The molecule has 1 unspecified atom stereocenters. The lowest BCUT2D eigenvalue weighted by molar-refractivity contribution is 0.0734. The number of esters is 1. The van der Waals surface area contributed by atoms with Crippen molar-refractivity contribution in [2.75, 3.05) is 7.11 Å². The average molecular weight is 467 g/mol. The van der Waals surface area contributed by atoms with E-state index in [2.05, 4.69) is 6.92 Å². The van der Waals surface area contributed by atoms with Crippen LogP contribution in [0.4, 0.5) is 4.39 Å². The average Bonchev–Trinajstić information content (AvgIpc) is 2.86. The summed E-state index contributed by atoms with van der Waals surface area (Å²) in [6, 6.07) is 11.7. The standard InChI is InChI=1S/C30H39FO3/c1-3-4-5-6-7-21-8-9-23-19-24(11-10-22(23)18-21)28-17-12-25(20-29(28)31)30(32)34-27-15-13-26(33-2)14-16-27/h12-17,20-24H,3-11,18-19H2,1-2H3/t21-,22-,23+,24?/m0/s1. The van der Waals surface area contributed by atoms with E-state index in [4.69, 9.17) is 9.47 Å². The van der Waals surface area contributed by atoms with E-state index in [1.807, 2.05) is 6.07 Å². The van der Waals surface area contributed by atoms with Gasteiger partial charge in [0.05, 0.1) is 12.7 Å². The first-order valence-corrected chi connectivity index (χ1v) is 13.2. The third-order valence-electron chi connectivity index (χ3n) is 8.13. The van der Waals surface area contributed by atoms with E-state index in [-0.39, 0.29) is 17.3 Å². The van der Waals surface area contributed by atoms with Gasteiger partial charge in [-0.25, -0.2) is 9.18 Å². The molecule has 2 saturated carbocycles. The zero-order valence-corrected chi connectivity index (χ0v) is 20.7. The van der Waals surface area contributed by atoms with Crippen LogP contribution in [0.2, 0.25) is 0 Å². The molecule has 3 nitrogen and oxygen atoms in total. The summed E-state index contributed by atoms with van der Waals surface area (Å²) in [5.41, 5.74) is 1.01. The number of benzene rings is 2. The molecule has 4 atom stereocenters. The number of hydrogen-bond acceptors (Lipinski definition) is 3. The minimum Gasteiger partial charge on any atom is -0.497 e. The van der Waals surface area contributed by atoms with Gasteiger partial charge in [-0.1, -0.05) is 51.5 Å². The quantitative estimate of drug-likeness (QED) is 0.212. The van der Waals surface area contributed by atoms with Crippen LogP contribution in [0.5, 0.6) is 11.5 Å². The van der Waals surface area contributed by atoms with E-state index in [1.54, 1.807) is 37.4 Å². The van der Waals surface area contributed by atoms with Crippen LogP contribution in [0.3, 0.4) is 0 Å². The highest BCUT2D eigenvalue weighted by molar-refractivity contribution is 5.91. The first-order chi connectivity index (χ1) is 16.6. The van der Waals surface area contributed by atoms with Gasteiger partial charge in [-0.15, -0.1) is 0 Å². The van der Waals surface area contributed by atoms with Gasteiger partial charge in [0.25, 0.3) is 0 Å². The van der Waals surface area contributed by atoms with Crippen LogP contribution in [-0.4, -0.2) is 13.1 Å². The van der Waals surface area contributed by atoms with Crippen molar-refractivity contribution in [2.45, 2.75) is 83.5 Å². The van der Waals surface area contributed by atoms with Crippen molar-refractivity contribution >= 4 is 5.97 Å². The molecular weight excluding hydrogens is 427 g/mol. The van der Waals surface area contributed by atoms with E-state index >= 15 is 4.39 Å². The molecule has 2 fully saturated rings. The molecule has 0 spiro atoms. The molecule has 0 aromatic heterocycles. The van der Waals surface area contributed by atoms with Crippen LogP contribution in [0.25, 0.3) is 0 Å². The SMILES string of the molecule is CCCCCC[C@H]1CC[C@@H]2CC(c3ccc(C(=O)Oc4ccc(OC)cc4)cc3F)CC[C@H]2C1. The monoisotopic (exact) mass is 466 g/mol. The van der Waals surface area contributed by atoms with Crippen LogP contribution in [0.15, 0.2) is 42.5 Å². The molecule has 0 N–H and O–H groups in total. The Morgan fingerprint density at radius 2 is 1.65 bits per heavy atom. The Balaban J connectivity index is 1.31. The number of rotatable bonds is 9. The van der Waals surface area contributed by atoms with Crippen LogP contribution >= 0.6 is 0 Å². The molecule has 0 saturated heterocycles. The summed E-state index contributed by atoms with van der Waals surface area (Å²) in [5, 5.41) is 0. The third-order valence-corrected chi connectivity index (χ3v) is 8.13. The number of methoxy groups -OCH3 is 1. The number of hydrogen-bond donors (Lipinski definition) is 0. The molecule has 2 aliphatic rings. The highest BCUT2D eigenvalue weighted by atomic mass is 19.1. The smallest absolute Gasteiger partial charge is 0.343 e. The first kappa shape index (κ1) is 24.8. The molecule has 34 heavy (non-hydrogen) atoms. The fourth-order valence-electron chi connectivity index (χ4n) is 6.19. The summed E-state index contributed by atoms with van der Waals surface area (Å²) in [5.74, 6) is 2.98. The minimum atomic E-state index is -0.545.